The van der Waals surface area contributed by atoms with Gasteiger partial charge in [-0.1, -0.05) is 42.5 Å². The highest BCUT2D eigenvalue weighted by Gasteiger charge is 2.26. The quantitative estimate of drug-likeness (QED) is 0.335. The average Bonchev–Trinajstić information content (AvgIpc) is 2.80. The first-order chi connectivity index (χ1) is 16.9. The highest BCUT2D eigenvalue weighted by molar-refractivity contribution is 6.00. The Hall–Kier alpha value is -4.67. The normalized spacial score (nSPS) is 11.9. The van der Waals surface area contributed by atoms with Gasteiger partial charge in [-0.3, -0.25) is 14.4 Å². The zero-order valence-corrected chi connectivity index (χ0v) is 20.0. The van der Waals surface area contributed by atoms with Gasteiger partial charge in [-0.05, 0) is 38.5 Å². The van der Waals surface area contributed by atoms with Gasteiger partial charge in [-0.2, -0.15) is 0 Å². The van der Waals surface area contributed by atoms with Crippen molar-refractivity contribution in [2.24, 2.45) is 5.73 Å². The lowest BCUT2D eigenvalue weighted by molar-refractivity contribution is -0.118. The van der Waals surface area contributed by atoms with Crippen LogP contribution in [0.4, 0.5) is 10.5 Å². The zero-order valence-electron chi connectivity index (χ0n) is 20.0. The number of para-hydroxylation sites is 1. The molecule has 3 aromatic rings. The Bertz CT molecular complexity index is 1330. The molecule has 3 amide bonds. The summed E-state index contributed by atoms with van der Waals surface area (Å²) in [7, 11) is 0. The van der Waals surface area contributed by atoms with E-state index in [1.54, 1.807) is 45.0 Å². The van der Waals surface area contributed by atoms with E-state index in [-0.39, 0.29) is 23.5 Å². The van der Waals surface area contributed by atoms with E-state index in [0.29, 0.717) is 0 Å². The molecule has 188 valence electrons. The van der Waals surface area contributed by atoms with Crippen molar-refractivity contribution in [3.8, 4) is 17.1 Å². The van der Waals surface area contributed by atoms with E-state index >= 15 is 0 Å². The van der Waals surface area contributed by atoms with Gasteiger partial charge in [0.15, 0.2) is 5.69 Å². The summed E-state index contributed by atoms with van der Waals surface area (Å²) in [6.07, 6.45) is -0.587. The number of H-pyrrole nitrogens is 1. The van der Waals surface area contributed by atoms with E-state index in [2.05, 4.69) is 20.6 Å². The van der Waals surface area contributed by atoms with Crippen LogP contribution in [0.15, 0.2) is 59.4 Å². The van der Waals surface area contributed by atoms with Crippen molar-refractivity contribution >= 4 is 23.6 Å². The predicted molar refractivity (Wildman–Crippen MR) is 132 cm³/mol. The van der Waals surface area contributed by atoms with Crippen LogP contribution >= 0.6 is 0 Å². The lowest BCUT2D eigenvalue weighted by Crippen LogP contribution is -2.47. The summed E-state index contributed by atoms with van der Waals surface area (Å²) in [6.45, 7) is 5.13. The van der Waals surface area contributed by atoms with Gasteiger partial charge in [-0.25, -0.2) is 9.78 Å². The summed E-state index contributed by atoms with van der Waals surface area (Å²) in [4.78, 5) is 55.8. The summed E-state index contributed by atoms with van der Waals surface area (Å²) >= 11 is 0. The minimum atomic E-state index is -1.09. The average molecular weight is 494 g/mol. The predicted octanol–water partition coefficient (Wildman–Crippen LogP) is 2.32. The van der Waals surface area contributed by atoms with E-state index < -0.39 is 46.6 Å². The van der Waals surface area contributed by atoms with E-state index in [1.165, 1.54) is 0 Å². The molecule has 1 aromatic heterocycles. The maximum atomic E-state index is 13.3. The molecule has 11 nitrogen and oxygen atoms in total. The van der Waals surface area contributed by atoms with Crippen molar-refractivity contribution < 1.29 is 24.2 Å². The van der Waals surface area contributed by atoms with Gasteiger partial charge in [0, 0.05) is 12.0 Å². The number of amides is 3. The van der Waals surface area contributed by atoms with Crippen LogP contribution in [0, 0.1) is 0 Å². The van der Waals surface area contributed by atoms with E-state index in [4.69, 9.17) is 10.5 Å². The molecular formula is C25H27N5O6. The Morgan fingerprint density at radius 1 is 1.08 bits per heavy atom. The summed E-state index contributed by atoms with van der Waals surface area (Å²) in [5, 5.41) is 15.1. The SMILES string of the molecule is CC(C)(C)OC(=O)NC(Cc1ccccc1)C(=O)Nc1ccccc1-c1nc(C(N)=O)c(O)c(=O)[nH]1. The monoisotopic (exact) mass is 493 g/mol. The number of carbonyl (C=O) groups is 3. The number of hydrogen-bond donors (Lipinski definition) is 5. The van der Waals surface area contributed by atoms with Gasteiger partial charge in [0.25, 0.3) is 11.5 Å². The molecule has 0 radical (unpaired) electrons. The van der Waals surface area contributed by atoms with Crippen LogP contribution < -0.4 is 21.9 Å². The Balaban J connectivity index is 1.93. The third kappa shape index (κ3) is 6.69. The first-order valence-corrected chi connectivity index (χ1v) is 11.0. The molecule has 11 heteroatoms. The molecule has 0 spiro atoms. The second kappa shape index (κ2) is 10.7. The van der Waals surface area contributed by atoms with Gasteiger partial charge in [-0.15, -0.1) is 0 Å². The molecule has 0 bridgehead atoms. The van der Waals surface area contributed by atoms with Crippen molar-refractivity contribution in [3.63, 3.8) is 0 Å². The highest BCUT2D eigenvalue weighted by atomic mass is 16.6. The van der Waals surface area contributed by atoms with Crippen LogP contribution in [0.3, 0.4) is 0 Å². The third-order valence-electron chi connectivity index (χ3n) is 4.86. The summed E-state index contributed by atoms with van der Waals surface area (Å²) < 4.78 is 5.31. The Kier molecular flexibility index (Phi) is 7.73. The minimum Gasteiger partial charge on any atom is -0.501 e. The second-order valence-corrected chi connectivity index (χ2v) is 8.90. The van der Waals surface area contributed by atoms with Crippen molar-refractivity contribution in [2.45, 2.75) is 38.8 Å². The number of ether oxygens (including phenoxy) is 1. The number of nitrogens with zero attached hydrogens (tertiary/aromatic N) is 1. The van der Waals surface area contributed by atoms with Crippen molar-refractivity contribution in [2.75, 3.05) is 5.32 Å². The number of nitrogens with two attached hydrogens (primary N) is 1. The first-order valence-electron chi connectivity index (χ1n) is 11.0. The Morgan fingerprint density at radius 2 is 1.72 bits per heavy atom. The molecule has 0 aliphatic heterocycles. The standard InChI is InChI=1S/C25H27N5O6/c1-25(2,3)36-24(35)28-17(13-14-9-5-4-6-10-14)22(33)27-16-12-8-7-11-15(16)21-29-18(20(26)32)19(31)23(34)30-21/h4-12,17,31H,13H2,1-3H3,(H2,26,32)(H,27,33)(H,28,35)(H,29,30,34). The lowest BCUT2D eigenvalue weighted by atomic mass is 10.0. The molecule has 0 aliphatic rings. The molecule has 3 rings (SSSR count). The van der Waals surface area contributed by atoms with Crippen LogP contribution in [0.25, 0.3) is 11.4 Å². The molecule has 0 saturated heterocycles. The van der Waals surface area contributed by atoms with Gasteiger partial charge in [0.2, 0.25) is 11.7 Å². The molecule has 2 aromatic carbocycles. The minimum absolute atomic E-state index is 0.0952. The van der Waals surface area contributed by atoms with Crippen LogP contribution in [-0.2, 0) is 16.0 Å². The van der Waals surface area contributed by atoms with Gasteiger partial charge < -0.3 is 31.2 Å². The number of benzene rings is 2. The largest absolute Gasteiger partial charge is 0.501 e. The molecule has 0 saturated carbocycles. The van der Waals surface area contributed by atoms with Crippen LogP contribution in [-0.4, -0.2) is 44.6 Å². The first kappa shape index (κ1) is 25.9. The summed E-state index contributed by atoms with van der Waals surface area (Å²) in [5.41, 5.74) is 4.16. The zero-order chi connectivity index (χ0) is 26.5. The molecule has 36 heavy (non-hydrogen) atoms. The molecular weight excluding hydrogens is 466 g/mol. The maximum absolute atomic E-state index is 13.3. The topological polar surface area (TPSA) is 176 Å². The van der Waals surface area contributed by atoms with Crippen LogP contribution in [0.1, 0.15) is 36.8 Å². The molecule has 1 heterocycles. The van der Waals surface area contributed by atoms with Gasteiger partial charge >= 0.3 is 6.09 Å². The number of aromatic hydroxyl groups is 1. The number of hydrogen-bond acceptors (Lipinski definition) is 7. The molecule has 6 N–H and O–H groups in total. The molecule has 0 fully saturated rings. The van der Waals surface area contributed by atoms with Crippen LogP contribution in [0.2, 0.25) is 0 Å². The van der Waals surface area contributed by atoms with Crippen molar-refractivity contribution in [3.05, 3.63) is 76.2 Å². The molecule has 1 unspecified atom stereocenters. The molecule has 0 aliphatic carbocycles. The number of aromatic nitrogens is 2. The number of nitrogens with one attached hydrogen (secondary N) is 3. The maximum Gasteiger partial charge on any atom is 0.408 e. The highest BCUT2D eigenvalue weighted by Crippen LogP contribution is 2.26. The number of anilines is 1. The van der Waals surface area contributed by atoms with Crippen molar-refractivity contribution in [1.82, 2.24) is 15.3 Å². The van der Waals surface area contributed by atoms with Crippen LogP contribution in [0.5, 0.6) is 5.75 Å². The van der Waals surface area contributed by atoms with E-state index in [1.807, 2.05) is 30.3 Å². The second-order valence-electron chi connectivity index (χ2n) is 8.90. The lowest BCUT2D eigenvalue weighted by Gasteiger charge is -2.23. The Labute approximate surface area is 206 Å². The fraction of sp³-hybridized carbons (Fsp3) is 0.240. The number of rotatable bonds is 7. The van der Waals surface area contributed by atoms with E-state index in [0.717, 1.165) is 5.56 Å². The van der Waals surface area contributed by atoms with E-state index in [9.17, 15) is 24.3 Å². The smallest absolute Gasteiger partial charge is 0.408 e. The number of carbonyl (C=O) groups excluding carboxylic acids is 3. The summed E-state index contributed by atoms with van der Waals surface area (Å²) in [5.74, 6) is -2.65. The van der Waals surface area contributed by atoms with Gasteiger partial charge in [0.05, 0.1) is 5.69 Å². The fourth-order valence-electron chi connectivity index (χ4n) is 3.29. The Morgan fingerprint density at radius 3 is 2.36 bits per heavy atom. The molecule has 1 atom stereocenters. The van der Waals surface area contributed by atoms with Crippen molar-refractivity contribution in [1.29, 1.82) is 0 Å². The fourth-order valence-corrected chi connectivity index (χ4v) is 3.29. The summed E-state index contributed by atoms with van der Waals surface area (Å²) in [6, 6.07) is 14.5. The number of primary amides is 1. The number of aromatic amines is 1. The number of alkyl carbamates (subject to hydrolysis) is 1. The third-order valence-corrected chi connectivity index (χ3v) is 4.86. The van der Waals surface area contributed by atoms with Gasteiger partial charge in [0.1, 0.15) is 17.5 Å².